The van der Waals surface area contributed by atoms with Crippen LogP contribution in [0.5, 0.6) is 0 Å². The van der Waals surface area contributed by atoms with Crippen molar-refractivity contribution in [3.05, 3.63) is 0 Å². The molecule has 10 heavy (non-hydrogen) atoms. The molecule has 0 aliphatic rings. The van der Waals surface area contributed by atoms with Gasteiger partial charge in [0, 0.05) is 18.9 Å². The van der Waals surface area contributed by atoms with Crippen molar-refractivity contribution in [1.29, 1.82) is 0 Å². The van der Waals surface area contributed by atoms with Gasteiger partial charge in [0.25, 0.3) is 0 Å². The molecular weight excluding hydrogens is 132 g/mol. The number of hydrogen-bond donors (Lipinski definition) is 0. The summed E-state index contributed by atoms with van der Waals surface area (Å²) in [5, 5.41) is 7.09. The third kappa shape index (κ3) is 6.94. The van der Waals surface area contributed by atoms with Crippen LogP contribution in [0.2, 0.25) is 0 Å². The summed E-state index contributed by atoms with van der Waals surface area (Å²) in [6.45, 7) is 2.47. The van der Waals surface area contributed by atoms with Gasteiger partial charge < -0.3 is 9.68 Å². The Morgan fingerprint density at radius 1 is 1.30 bits per heavy atom. The van der Waals surface area contributed by atoms with E-state index >= 15 is 0 Å². The lowest BCUT2D eigenvalue weighted by Crippen LogP contribution is -1.82. The first-order valence-electron chi connectivity index (χ1n) is 3.10. The van der Waals surface area contributed by atoms with Gasteiger partial charge in [-0.25, -0.2) is 0 Å². The van der Waals surface area contributed by atoms with Crippen LogP contribution in [-0.4, -0.2) is 26.1 Å². The molecule has 4 heteroatoms. The van der Waals surface area contributed by atoms with Crippen molar-refractivity contribution in [2.75, 3.05) is 13.7 Å². The van der Waals surface area contributed by atoms with Gasteiger partial charge in [-0.1, -0.05) is 10.3 Å². The first kappa shape index (κ1) is 8.94. The molecule has 0 aliphatic carbocycles. The van der Waals surface area contributed by atoms with Crippen LogP contribution in [0.1, 0.15) is 13.3 Å². The van der Waals surface area contributed by atoms with Crippen molar-refractivity contribution in [2.45, 2.75) is 13.3 Å². The molecule has 0 heterocycles. The molecule has 0 amide bonds. The minimum atomic E-state index is 0.595. The lowest BCUT2D eigenvalue weighted by molar-refractivity contribution is 0.160. The van der Waals surface area contributed by atoms with E-state index in [4.69, 9.17) is 0 Å². The summed E-state index contributed by atoms with van der Waals surface area (Å²) in [6.07, 6.45) is 3.85. The molecule has 0 unspecified atom stereocenters. The molecule has 0 fully saturated rings. The zero-order valence-corrected chi connectivity index (χ0v) is 6.28. The predicted molar refractivity (Wildman–Crippen MR) is 40.2 cm³/mol. The van der Waals surface area contributed by atoms with Gasteiger partial charge in [0.05, 0.1) is 0 Å². The molecule has 0 aromatic rings. The van der Waals surface area contributed by atoms with E-state index in [9.17, 15) is 0 Å². The first-order chi connectivity index (χ1) is 4.91. The van der Waals surface area contributed by atoms with E-state index in [1.807, 2.05) is 6.92 Å². The molecule has 0 saturated carbocycles. The molecular formula is C6H12N2O2. The first-order valence-corrected chi connectivity index (χ1v) is 3.10. The maximum Gasteiger partial charge on any atom is 0.114 e. The van der Waals surface area contributed by atoms with Crippen molar-refractivity contribution in [3.63, 3.8) is 0 Å². The zero-order chi connectivity index (χ0) is 7.66. The summed E-state index contributed by atoms with van der Waals surface area (Å²) in [7, 11) is 1.50. The van der Waals surface area contributed by atoms with Gasteiger partial charge in [0.2, 0.25) is 0 Å². The van der Waals surface area contributed by atoms with Gasteiger partial charge in [-0.15, -0.1) is 0 Å². The second-order valence-corrected chi connectivity index (χ2v) is 1.41. The second-order valence-electron chi connectivity index (χ2n) is 1.41. The number of oxime groups is 2. The second kappa shape index (κ2) is 7.94. The summed E-state index contributed by atoms with van der Waals surface area (Å²) < 4.78 is 0. The van der Waals surface area contributed by atoms with Crippen LogP contribution in [0.3, 0.4) is 0 Å². The van der Waals surface area contributed by atoms with Crippen LogP contribution >= 0.6 is 0 Å². The summed E-state index contributed by atoms with van der Waals surface area (Å²) >= 11 is 0. The normalized spacial score (nSPS) is 11.0. The summed E-state index contributed by atoms with van der Waals surface area (Å²) in [5.74, 6) is 0. The fraction of sp³-hybridized carbons (Fsp3) is 0.667. The average molecular weight is 144 g/mol. The van der Waals surface area contributed by atoms with Crippen LogP contribution in [0.15, 0.2) is 10.3 Å². The fourth-order valence-corrected chi connectivity index (χ4v) is 0.335. The fourth-order valence-electron chi connectivity index (χ4n) is 0.335. The molecule has 0 atom stereocenters. The Labute approximate surface area is 60.5 Å². The molecule has 0 aromatic carbocycles. The lowest BCUT2D eigenvalue weighted by Gasteiger charge is -1.87. The monoisotopic (exact) mass is 144 g/mol. The van der Waals surface area contributed by atoms with Crippen molar-refractivity contribution in [3.8, 4) is 0 Å². The Kier molecular flexibility index (Phi) is 7.10. The zero-order valence-electron chi connectivity index (χ0n) is 6.28. The standard InChI is InChI=1S/C6H12N2O2/c1-3-10-8-6-4-5-7-9-2/h5-6H,3-4H2,1-2H3. The summed E-state index contributed by atoms with van der Waals surface area (Å²) in [4.78, 5) is 9.10. The Morgan fingerprint density at radius 2 is 2.00 bits per heavy atom. The molecule has 0 rings (SSSR count). The number of nitrogens with zero attached hydrogens (tertiary/aromatic N) is 2. The quantitative estimate of drug-likeness (QED) is 0.427. The largest absolute Gasteiger partial charge is 0.399 e. The van der Waals surface area contributed by atoms with E-state index in [2.05, 4.69) is 20.0 Å². The van der Waals surface area contributed by atoms with Crippen molar-refractivity contribution < 1.29 is 9.68 Å². The van der Waals surface area contributed by atoms with Gasteiger partial charge >= 0.3 is 0 Å². The molecule has 0 saturated heterocycles. The highest BCUT2D eigenvalue weighted by Crippen LogP contribution is 1.74. The highest BCUT2D eigenvalue weighted by Gasteiger charge is 1.72. The van der Waals surface area contributed by atoms with Gasteiger partial charge in [-0.05, 0) is 6.92 Å². The third-order valence-electron chi connectivity index (χ3n) is 0.669. The van der Waals surface area contributed by atoms with E-state index in [1.165, 1.54) is 7.11 Å². The van der Waals surface area contributed by atoms with Gasteiger partial charge in [0.15, 0.2) is 0 Å². The van der Waals surface area contributed by atoms with Gasteiger partial charge in [-0.3, -0.25) is 0 Å². The highest BCUT2D eigenvalue weighted by atomic mass is 16.6. The molecule has 0 radical (unpaired) electrons. The molecule has 0 spiro atoms. The van der Waals surface area contributed by atoms with Crippen molar-refractivity contribution in [1.82, 2.24) is 0 Å². The van der Waals surface area contributed by atoms with Crippen LogP contribution in [0.25, 0.3) is 0 Å². The summed E-state index contributed by atoms with van der Waals surface area (Å²) in [5.41, 5.74) is 0. The van der Waals surface area contributed by atoms with Crippen molar-refractivity contribution >= 4 is 12.4 Å². The van der Waals surface area contributed by atoms with E-state index in [0.717, 1.165) is 0 Å². The predicted octanol–water partition coefficient (Wildman–Crippen LogP) is 1.03. The van der Waals surface area contributed by atoms with Gasteiger partial charge in [-0.2, -0.15) is 0 Å². The Morgan fingerprint density at radius 3 is 2.60 bits per heavy atom. The molecule has 0 bridgehead atoms. The highest BCUT2D eigenvalue weighted by molar-refractivity contribution is 5.78. The number of rotatable bonds is 5. The molecule has 0 aromatic heterocycles. The minimum absolute atomic E-state index is 0.595. The minimum Gasteiger partial charge on any atom is -0.399 e. The van der Waals surface area contributed by atoms with Crippen LogP contribution < -0.4 is 0 Å². The average Bonchev–Trinajstić information content (AvgIpc) is 1.97. The maximum atomic E-state index is 4.68. The van der Waals surface area contributed by atoms with E-state index < -0.39 is 0 Å². The van der Waals surface area contributed by atoms with E-state index in [0.29, 0.717) is 13.0 Å². The van der Waals surface area contributed by atoms with E-state index in [1.54, 1.807) is 12.4 Å². The topological polar surface area (TPSA) is 43.2 Å². The van der Waals surface area contributed by atoms with Gasteiger partial charge in [0.1, 0.15) is 13.7 Å². The molecule has 58 valence electrons. The smallest absolute Gasteiger partial charge is 0.114 e. The Bertz CT molecular complexity index is 112. The lowest BCUT2D eigenvalue weighted by atomic mass is 10.5. The molecule has 0 aliphatic heterocycles. The SMILES string of the molecule is CCON=CCC=NOC. The summed E-state index contributed by atoms with van der Waals surface area (Å²) in [6, 6.07) is 0. The third-order valence-corrected chi connectivity index (χ3v) is 0.669. The maximum absolute atomic E-state index is 4.68. The van der Waals surface area contributed by atoms with E-state index in [-0.39, 0.29) is 0 Å². The molecule has 4 nitrogen and oxygen atoms in total. The van der Waals surface area contributed by atoms with Crippen LogP contribution in [0.4, 0.5) is 0 Å². The van der Waals surface area contributed by atoms with Crippen molar-refractivity contribution in [2.24, 2.45) is 10.3 Å². The molecule has 0 N–H and O–H groups in total. The number of hydrogen-bond acceptors (Lipinski definition) is 4. The van der Waals surface area contributed by atoms with Crippen LogP contribution in [-0.2, 0) is 9.68 Å². The Balaban J connectivity index is 3.09. The Hall–Kier alpha value is -1.06. The van der Waals surface area contributed by atoms with Crippen LogP contribution in [0, 0.1) is 0 Å².